The van der Waals surface area contributed by atoms with E-state index in [0.29, 0.717) is 37.5 Å². The van der Waals surface area contributed by atoms with E-state index in [1.54, 1.807) is 6.07 Å². The Hall–Kier alpha value is -2.62. The maximum atomic E-state index is 12.1. The quantitative estimate of drug-likeness (QED) is 0.360. The normalized spacial score (nSPS) is 10.6. The molecule has 0 N–H and O–H groups in total. The molecule has 0 aromatic heterocycles. The Morgan fingerprint density at radius 1 is 0.846 bits per heavy atom. The molecule has 0 spiro atoms. The third-order valence-corrected chi connectivity index (χ3v) is 3.79. The number of benzene rings is 2. The van der Waals surface area contributed by atoms with Crippen molar-refractivity contribution in [2.75, 3.05) is 6.61 Å². The summed E-state index contributed by atoms with van der Waals surface area (Å²) in [6, 6.07) is 17.3. The minimum atomic E-state index is -0.288. The van der Waals surface area contributed by atoms with Crippen molar-refractivity contribution in [3.63, 3.8) is 0 Å². The van der Waals surface area contributed by atoms with E-state index in [2.05, 4.69) is 0 Å². The van der Waals surface area contributed by atoms with Crippen molar-refractivity contribution in [1.82, 2.24) is 0 Å². The van der Waals surface area contributed by atoms with Gasteiger partial charge in [0.05, 0.1) is 6.61 Å². The molecular weight excluding hydrogens is 328 g/mol. The van der Waals surface area contributed by atoms with Gasteiger partial charge >= 0.3 is 11.9 Å². The molecule has 0 saturated carbocycles. The molecule has 0 atom stereocenters. The number of carbonyl (C=O) groups is 2. The first-order valence-electron chi connectivity index (χ1n) is 9.07. The maximum absolute atomic E-state index is 12.1. The lowest BCUT2D eigenvalue weighted by Crippen LogP contribution is -2.11. The molecule has 0 aliphatic heterocycles. The van der Waals surface area contributed by atoms with Gasteiger partial charge in [-0.15, -0.1) is 0 Å². The van der Waals surface area contributed by atoms with Crippen molar-refractivity contribution in [3.8, 4) is 16.9 Å². The first kappa shape index (κ1) is 19.7. The lowest BCUT2D eigenvalue weighted by molar-refractivity contribution is -0.145. The average molecular weight is 354 g/mol. The summed E-state index contributed by atoms with van der Waals surface area (Å²) in [7, 11) is 0. The van der Waals surface area contributed by atoms with Crippen LogP contribution in [0.2, 0.25) is 0 Å². The zero-order valence-corrected chi connectivity index (χ0v) is 15.4. The molecule has 2 aromatic carbocycles. The highest BCUT2D eigenvalue weighted by molar-refractivity contribution is 5.78. The van der Waals surface area contributed by atoms with Crippen molar-refractivity contribution >= 4 is 11.9 Å². The number of carbonyl (C=O) groups excluding carboxylic acids is 2. The number of rotatable bonds is 9. The predicted molar refractivity (Wildman–Crippen MR) is 102 cm³/mol. The number of unbranched alkanes of at least 4 members (excludes halogenated alkanes) is 1. The van der Waals surface area contributed by atoms with E-state index >= 15 is 0 Å². The van der Waals surface area contributed by atoms with Crippen LogP contribution < -0.4 is 4.74 Å². The monoisotopic (exact) mass is 354 g/mol. The molecule has 0 bridgehead atoms. The first-order chi connectivity index (χ1) is 12.6. The molecule has 0 aliphatic rings. The summed E-state index contributed by atoms with van der Waals surface area (Å²) in [6.45, 7) is 4.43. The number of hydrogen-bond acceptors (Lipinski definition) is 4. The van der Waals surface area contributed by atoms with Gasteiger partial charge in [0.25, 0.3) is 0 Å². The van der Waals surface area contributed by atoms with Crippen LogP contribution in [0.15, 0.2) is 54.6 Å². The Labute approximate surface area is 155 Å². The molecule has 2 rings (SSSR count). The Morgan fingerprint density at radius 2 is 1.46 bits per heavy atom. The highest BCUT2D eigenvalue weighted by Gasteiger charge is 2.11. The average Bonchev–Trinajstić information content (AvgIpc) is 2.65. The van der Waals surface area contributed by atoms with E-state index in [-0.39, 0.29) is 18.4 Å². The minimum Gasteiger partial charge on any atom is -0.465 e. The summed E-state index contributed by atoms with van der Waals surface area (Å²) in [5.41, 5.74) is 1.89. The lowest BCUT2D eigenvalue weighted by atomic mass is 10.0. The fourth-order valence-electron chi connectivity index (χ4n) is 2.46. The molecule has 138 valence electrons. The summed E-state index contributed by atoms with van der Waals surface area (Å²) in [4.78, 5) is 23.7. The van der Waals surface area contributed by atoms with Gasteiger partial charge in [0.1, 0.15) is 5.75 Å². The zero-order chi connectivity index (χ0) is 18.8. The molecule has 0 aliphatic carbocycles. The second kappa shape index (κ2) is 10.4. The Bertz CT molecular complexity index is 707. The van der Waals surface area contributed by atoms with Gasteiger partial charge in [0.15, 0.2) is 0 Å². The largest absolute Gasteiger partial charge is 0.465 e. The SMILES string of the molecule is CC(C)COC(=O)CCCCC(=O)Oc1ccccc1-c1ccccc1. The molecule has 4 nitrogen and oxygen atoms in total. The standard InChI is InChI=1S/C22H26O4/c1-17(2)16-25-21(23)14-8-9-15-22(24)26-20-13-7-6-12-19(20)18-10-4-3-5-11-18/h3-7,10-13,17H,8-9,14-16H2,1-2H3. The van der Waals surface area contributed by atoms with Crippen molar-refractivity contribution in [2.24, 2.45) is 5.92 Å². The van der Waals surface area contributed by atoms with Crippen LogP contribution in [0.1, 0.15) is 39.5 Å². The van der Waals surface area contributed by atoms with Crippen LogP contribution in [0.25, 0.3) is 11.1 Å². The molecule has 0 amide bonds. The van der Waals surface area contributed by atoms with Gasteiger partial charge in [-0.2, -0.15) is 0 Å². The van der Waals surface area contributed by atoms with Crippen LogP contribution in [0, 0.1) is 5.92 Å². The predicted octanol–water partition coefficient (Wildman–Crippen LogP) is 5.02. The van der Waals surface area contributed by atoms with Crippen LogP contribution in [-0.2, 0) is 14.3 Å². The van der Waals surface area contributed by atoms with Crippen molar-refractivity contribution < 1.29 is 19.1 Å². The second-order valence-corrected chi connectivity index (χ2v) is 6.62. The Balaban J connectivity index is 1.79. The number of esters is 2. The summed E-state index contributed by atoms with van der Waals surface area (Å²) < 4.78 is 10.6. The molecular formula is C22H26O4. The number of hydrogen-bond donors (Lipinski definition) is 0. The van der Waals surface area contributed by atoms with Gasteiger partial charge in [0, 0.05) is 18.4 Å². The van der Waals surface area contributed by atoms with E-state index in [1.165, 1.54) is 0 Å². The minimum absolute atomic E-state index is 0.207. The third-order valence-electron chi connectivity index (χ3n) is 3.79. The highest BCUT2D eigenvalue weighted by atomic mass is 16.5. The van der Waals surface area contributed by atoms with E-state index in [0.717, 1.165) is 11.1 Å². The van der Waals surface area contributed by atoms with Crippen LogP contribution >= 0.6 is 0 Å². The number of para-hydroxylation sites is 1. The molecule has 0 saturated heterocycles. The molecule has 26 heavy (non-hydrogen) atoms. The summed E-state index contributed by atoms with van der Waals surface area (Å²) in [5.74, 6) is 0.393. The van der Waals surface area contributed by atoms with Gasteiger partial charge in [0.2, 0.25) is 0 Å². The Morgan fingerprint density at radius 3 is 2.15 bits per heavy atom. The zero-order valence-electron chi connectivity index (χ0n) is 15.4. The third kappa shape index (κ3) is 6.71. The van der Waals surface area contributed by atoms with Crippen LogP contribution in [0.4, 0.5) is 0 Å². The van der Waals surface area contributed by atoms with Crippen molar-refractivity contribution in [1.29, 1.82) is 0 Å². The summed E-state index contributed by atoms with van der Waals surface area (Å²) >= 11 is 0. The van der Waals surface area contributed by atoms with Crippen molar-refractivity contribution in [3.05, 3.63) is 54.6 Å². The topological polar surface area (TPSA) is 52.6 Å². The van der Waals surface area contributed by atoms with E-state index < -0.39 is 0 Å². The molecule has 0 unspecified atom stereocenters. The smallest absolute Gasteiger partial charge is 0.311 e. The van der Waals surface area contributed by atoms with Gasteiger partial charge in [-0.1, -0.05) is 62.4 Å². The second-order valence-electron chi connectivity index (χ2n) is 6.62. The Kier molecular flexibility index (Phi) is 7.87. The van der Waals surface area contributed by atoms with E-state index in [4.69, 9.17) is 9.47 Å². The van der Waals surface area contributed by atoms with Crippen LogP contribution in [-0.4, -0.2) is 18.5 Å². The van der Waals surface area contributed by atoms with Gasteiger partial charge in [-0.25, -0.2) is 0 Å². The van der Waals surface area contributed by atoms with E-state index in [1.807, 2.05) is 62.4 Å². The van der Waals surface area contributed by atoms with Crippen LogP contribution in [0.3, 0.4) is 0 Å². The number of ether oxygens (including phenoxy) is 2. The van der Waals surface area contributed by atoms with E-state index in [9.17, 15) is 9.59 Å². The molecule has 0 radical (unpaired) electrons. The maximum Gasteiger partial charge on any atom is 0.311 e. The molecule has 4 heteroatoms. The molecule has 2 aromatic rings. The van der Waals surface area contributed by atoms with Crippen LogP contribution in [0.5, 0.6) is 5.75 Å². The highest BCUT2D eigenvalue weighted by Crippen LogP contribution is 2.29. The van der Waals surface area contributed by atoms with Gasteiger partial charge < -0.3 is 9.47 Å². The summed E-state index contributed by atoms with van der Waals surface area (Å²) in [5, 5.41) is 0. The van der Waals surface area contributed by atoms with Gasteiger partial charge in [-0.05, 0) is 30.4 Å². The van der Waals surface area contributed by atoms with Gasteiger partial charge in [-0.3, -0.25) is 9.59 Å². The fourth-order valence-corrected chi connectivity index (χ4v) is 2.46. The molecule has 0 fully saturated rings. The lowest BCUT2D eigenvalue weighted by Gasteiger charge is -2.10. The first-order valence-corrected chi connectivity index (χ1v) is 9.07. The summed E-state index contributed by atoms with van der Waals surface area (Å²) in [6.07, 6.45) is 1.83. The molecule has 0 heterocycles. The fraction of sp³-hybridized carbons (Fsp3) is 0.364. The van der Waals surface area contributed by atoms with Crippen molar-refractivity contribution in [2.45, 2.75) is 39.5 Å².